The van der Waals surface area contributed by atoms with Crippen molar-refractivity contribution in [3.63, 3.8) is 0 Å². The maximum absolute atomic E-state index is 3.81. The van der Waals surface area contributed by atoms with Crippen molar-refractivity contribution in [1.82, 2.24) is 0 Å². The fraction of sp³-hybridized carbons (Fsp3) is 0.429. The minimum Gasteiger partial charge on any atom is -0.102 e. The van der Waals surface area contributed by atoms with Crippen molar-refractivity contribution in [3.05, 3.63) is 48.0 Å². The van der Waals surface area contributed by atoms with Crippen molar-refractivity contribution in [3.8, 4) is 0 Å². The Morgan fingerprint density at radius 3 is 2.14 bits per heavy atom. The zero-order valence-electron chi connectivity index (χ0n) is 9.46. The molecule has 0 nitrogen and oxygen atoms in total. The van der Waals surface area contributed by atoms with E-state index < -0.39 is 0 Å². The van der Waals surface area contributed by atoms with E-state index in [1.165, 1.54) is 17.5 Å². The van der Waals surface area contributed by atoms with E-state index >= 15 is 0 Å². The van der Waals surface area contributed by atoms with E-state index in [1.807, 2.05) is 6.08 Å². The first-order valence-corrected chi connectivity index (χ1v) is 5.35. The molecule has 1 rings (SSSR count). The lowest BCUT2D eigenvalue weighted by molar-refractivity contribution is 0.647. The number of benzene rings is 1. The second kappa shape index (κ2) is 4.99. The van der Waals surface area contributed by atoms with Crippen LogP contribution in [0.1, 0.15) is 37.8 Å². The van der Waals surface area contributed by atoms with Crippen LogP contribution in [-0.2, 0) is 6.42 Å². The monoisotopic (exact) mass is 188 g/mol. The summed E-state index contributed by atoms with van der Waals surface area (Å²) in [6.45, 7) is 10.5. The van der Waals surface area contributed by atoms with E-state index in [0.717, 1.165) is 5.92 Å². The SMILES string of the molecule is C=C[C@@H](C)c1ccc(CC(C)C)cc1. The molecule has 0 amide bonds. The molecule has 0 heterocycles. The Hall–Kier alpha value is -1.04. The highest BCUT2D eigenvalue weighted by Gasteiger charge is 2.01. The first-order valence-electron chi connectivity index (χ1n) is 5.35. The van der Waals surface area contributed by atoms with E-state index in [2.05, 4.69) is 51.6 Å². The fourth-order valence-corrected chi connectivity index (χ4v) is 1.56. The van der Waals surface area contributed by atoms with Crippen molar-refractivity contribution < 1.29 is 0 Å². The smallest absolute Gasteiger partial charge is 0.00131 e. The molecule has 1 aromatic carbocycles. The van der Waals surface area contributed by atoms with Gasteiger partial charge in [-0.1, -0.05) is 51.1 Å². The molecule has 0 heteroatoms. The largest absolute Gasteiger partial charge is 0.102 e. The van der Waals surface area contributed by atoms with Gasteiger partial charge in [0.2, 0.25) is 0 Å². The van der Waals surface area contributed by atoms with Gasteiger partial charge in [0, 0.05) is 0 Å². The van der Waals surface area contributed by atoms with E-state index in [4.69, 9.17) is 0 Å². The quantitative estimate of drug-likeness (QED) is 0.622. The van der Waals surface area contributed by atoms with Gasteiger partial charge in [-0.05, 0) is 29.4 Å². The normalized spacial score (nSPS) is 12.9. The van der Waals surface area contributed by atoms with E-state index in [0.29, 0.717) is 5.92 Å². The van der Waals surface area contributed by atoms with Gasteiger partial charge in [0.15, 0.2) is 0 Å². The number of rotatable bonds is 4. The van der Waals surface area contributed by atoms with Gasteiger partial charge in [0.1, 0.15) is 0 Å². The van der Waals surface area contributed by atoms with Crippen LogP contribution in [0.4, 0.5) is 0 Å². The Balaban J connectivity index is 2.73. The molecule has 0 aliphatic rings. The first-order chi connectivity index (χ1) is 6.63. The Morgan fingerprint density at radius 1 is 1.14 bits per heavy atom. The predicted octanol–water partition coefficient (Wildman–Crippen LogP) is 4.17. The average molecular weight is 188 g/mol. The Kier molecular flexibility index (Phi) is 3.94. The van der Waals surface area contributed by atoms with Gasteiger partial charge in [0.05, 0.1) is 0 Å². The summed E-state index contributed by atoms with van der Waals surface area (Å²) in [5.41, 5.74) is 2.78. The molecule has 0 unspecified atom stereocenters. The van der Waals surface area contributed by atoms with E-state index in [9.17, 15) is 0 Å². The maximum Gasteiger partial charge on any atom is -0.00131 e. The summed E-state index contributed by atoms with van der Waals surface area (Å²) < 4.78 is 0. The second-order valence-electron chi connectivity index (χ2n) is 4.36. The molecule has 14 heavy (non-hydrogen) atoms. The summed E-state index contributed by atoms with van der Waals surface area (Å²) in [6.07, 6.45) is 3.15. The average Bonchev–Trinajstić information content (AvgIpc) is 2.17. The number of allylic oxidation sites excluding steroid dienone is 1. The summed E-state index contributed by atoms with van der Waals surface area (Å²) in [5, 5.41) is 0. The minimum absolute atomic E-state index is 0.461. The zero-order valence-corrected chi connectivity index (χ0v) is 9.46. The number of hydrogen-bond donors (Lipinski definition) is 0. The highest BCUT2D eigenvalue weighted by Crippen LogP contribution is 2.17. The Bertz CT molecular complexity index is 279. The van der Waals surface area contributed by atoms with Gasteiger partial charge in [-0.25, -0.2) is 0 Å². The molecule has 1 aromatic rings. The van der Waals surface area contributed by atoms with Crippen LogP contribution in [0, 0.1) is 5.92 Å². The van der Waals surface area contributed by atoms with Crippen molar-refractivity contribution in [2.24, 2.45) is 5.92 Å². The third kappa shape index (κ3) is 3.02. The topological polar surface area (TPSA) is 0 Å². The van der Waals surface area contributed by atoms with Crippen molar-refractivity contribution >= 4 is 0 Å². The molecular weight excluding hydrogens is 168 g/mol. The molecule has 0 spiro atoms. The predicted molar refractivity (Wildman–Crippen MR) is 63.6 cm³/mol. The molecular formula is C14H20. The van der Waals surface area contributed by atoms with Gasteiger partial charge in [-0.15, -0.1) is 6.58 Å². The molecule has 0 N–H and O–H groups in total. The first kappa shape index (κ1) is 11.0. The molecule has 0 saturated carbocycles. The lowest BCUT2D eigenvalue weighted by atomic mass is 9.97. The third-order valence-electron chi connectivity index (χ3n) is 2.50. The van der Waals surface area contributed by atoms with Crippen LogP contribution in [0.15, 0.2) is 36.9 Å². The van der Waals surface area contributed by atoms with Crippen LogP contribution in [-0.4, -0.2) is 0 Å². The highest BCUT2D eigenvalue weighted by atomic mass is 14.1. The van der Waals surface area contributed by atoms with Crippen LogP contribution in [0.25, 0.3) is 0 Å². The molecule has 0 aliphatic carbocycles. The van der Waals surface area contributed by atoms with Crippen LogP contribution in [0.2, 0.25) is 0 Å². The number of hydrogen-bond acceptors (Lipinski definition) is 0. The Morgan fingerprint density at radius 2 is 1.71 bits per heavy atom. The van der Waals surface area contributed by atoms with Crippen LogP contribution in [0.3, 0.4) is 0 Å². The lowest BCUT2D eigenvalue weighted by Gasteiger charge is -2.09. The maximum atomic E-state index is 3.81. The summed E-state index contributed by atoms with van der Waals surface area (Å²) in [5.74, 6) is 1.20. The molecule has 0 aliphatic heterocycles. The van der Waals surface area contributed by atoms with Gasteiger partial charge in [-0.3, -0.25) is 0 Å². The van der Waals surface area contributed by atoms with Gasteiger partial charge < -0.3 is 0 Å². The fourth-order valence-electron chi connectivity index (χ4n) is 1.56. The van der Waals surface area contributed by atoms with Crippen LogP contribution < -0.4 is 0 Å². The highest BCUT2D eigenvalue weighted by molar-refractivity contribution is 5.27. The third-order valence-corrected chi connectivity index (χ3v) is 2.50. The summed E-state index contributed by atoms with van der Waals surface area (Å²) in [4.78, 5) is 0. The molecule has 0 saturated heterocycles. The van der Waals surface area contributed by atoms with Crippen LogP contribution >= 0.6 is 0 Å². The van der Waals surface area contributed by atoms with Gasteiger partial charge >= 0.3 is 0 Å². The second-order valence-corrected chi connectivity index (χ2v) is 4.36. The van der Waals surface area contributed by atoms with Crippen molar-refractivity contribution in [1.29, 1.82) is 0 Å². The lowest BCUT2D eigenvalue weighted by Crippen LogP contribution is -1.95. The molecule has 0 bridgehead atoms. The standard InChI is InChI=1S/C14H20/c1-5-12(4)14-8-6-13(7-9-14)10-11(2)3/h5-9,11-12H,1,10H2,2-4H3/t12-/m1/s1. The van der Waals surface area contributed by atoms with E-state index in [-0.39, 0.29) is 0 Å². The van der Waals surface area contributed by atoms with Crippen molar-refractivity contribution in [2.75, 3.05) is 0 Å². The summed E-state index contributed by atoms with van der Waals surface area (Å²) >= 11 is 0. The van der Waals surface area contributed by atoms with Crippen molar-refractivity contribution in [2.45, 2.75) is 33.1 Å². The minimum atomic E-state index is 0.461. The van der Waals surface area contributed by atoms with Gasteiger partial charge in [-0.2, -0.15) is 0 Å². The van der Waals surface area contributed by atoms with E-state index in [1.54, 1.807) is 0 Å². The molecule has 0 fully saturated rings. The van der Waals surface area contributed by atoms with Crippen LogP contribution in [0.5, 0.6) is 0 Å². The summed E-state index contributed by atoms with van der Waals surface area (Å²) in [6, 6.07) is 8.89. The Labute approximate surface area is 87.7 Å². The molecule has 1 atom stereocenters. The zero-order chi connectivity index (χ0) is 10.6. The molecule has 76 valence electrons. The summed E-state index contributed by atoms with van der Waals surface area (Å²) in [7, 11) is 0. The van der Waals surface area contributed by atoms with Gasteiger partial charge in [0.25, 0.3) is 0 Å². The molecule has 0 radical (unpaired) electrons. The molecule has 0 aromatic heterocycles.